The molecule has 0 saturated heterocycles. The van der Waals surface area contributed by atoms with Crippen molar-refractivity contribution in [1.82, 2.24) is 0 Å². The van der Waals surface area contributed by atoms with Gasteiger partial charge in [-0.2, -0.15) is 47.5 Å². The molecule has 3 heteroatoms. The number of rotatable bonds is 3. The first kappa shape index (κ1) is 33.9. The van der Waals surface area contributed by atoms with Gasteiger partial charge in [-0.15, -0.1) is 23.8 Å². The predicted molar refractivity (Wildman–Crippen MR) is 155 cm³/mol. The summed E-state index contributed by atoms with van der Waals surface area (Å²) in [4.78, 5) is 0. The van der Waals surface area contributed by atoms with Crippen LogP contribution in [0.25, 0.3) is 23.3 Å². The molecule has 0 spiro atoms. The van der Waals surface area contributed by atoms with Gasteiger partial charge in [-0.05, 0) is 12.0 Å². The van der Waals surface area contributed by atoms with Crippen LogP contribution in [-0.4, -0.2) is 3.21 Å². The van der Waals surface area contributed by atoms with E-state index in [0.717, 1.165) is 12.0 Å². The molecule has 0 amide bonds. The SMILES string of the molecule is C=Cc1c[c-]c2c(c1)-c1cc(C=C)ccc1C2.CC(C)(C)c1cc[cH-]c1.C[C](=[Zr+2])c1ccc(C)cc1.[Cl-].[Cl-]. The van der Waals surface area contributed by atoms with Crippen LogP contribution in [0.5, 0.6) is 0 Å². The summed E-state index contributed by atoms with van der Waals surface area (Å²) < 4.78 is 1.46. The molecule has 4 aromatic rings. The predicted octanol–water partition coefficient (Wildman–Crippen LogP) is 3.14. The Balaban J connectivity index is 0.000000299. The van der Waals surface area contributed by atoms with Crippen LogP contribution < -0.4 is 24.8 Å². The first-order chi connectivity index (χ1) is 17.1. The first-order valence-electron chi connectivity index (χ1n) is 12.4. The first-order valence-corrected chi connectivity index (χ1v) is 13.6. The fourth-order valence-corrected chi connectivity index (χ4v) is 4.45. The smallest absolute Gasteiger partial charge is 1.00 e. The molecule has 38 heavy (non-hydrogen) atoms. The minimum atomic E-state index is 0. The minimum absolute atomic E-state index is 0. The fourth-order valence-electron chi connectivity index (χ4n) is 4.04. The van der Waals surface area contributed by atoms with Gasteiger partial charge in [0.05, 0.1) is 0 Å². The van der Waals surface area contributed by atoms with Crippen molar-refractivity contribution in [3.63, 3.8) is 0 Å². The zero-order chi connectivity index (χ0) is 26.3. The number of benzene rings is 3. The summed E-state index contributed by atoms with van der Waals surface area (Å²) in [5.74, 6) is 0. The van der Waals surface area contributed by atoms with Gasteiger partial charge in [0.2, 0.25) is 0 Å². The molecular formula is C35H36Cl2Zr-2. The van der Waals surface area contributed by atoms with Gasteiger partial charge in [-0.25, -0.2) is 6.07 Å². The van der Waals surface area contributed by atoms with Gasteiger partial charge in [-0.1, -0.05) is 68.2 Å². The van der Waals surface area contributed by atoms with E-state index < -0.39 is 0 Å². The third-order valence-corrected chi connectivity index (χ3v) is 7.03. The zero-order valence-electron chi connectivity index (χ0n) is 23.0. The Morgan fingerprint density at radius 1 is 0.921 bits per heavy atom. The van der Waals surface area contributed by atoms with Crippen molar-refractivity contribution in [1.29, 1.82) is 0 Å². The van der Waals surface area contributed by atoms with Crippen molar-refractivity contribution in [2.24, 2.45) is 0 Å². The largest absolute Gasteiger partial charge is 1.00 e. The van der Waals surface area contributed by atoms with E-state index in [1.54, 1.807) is 0 Å². The molecule has 0 nitrogen and oxygen atoms in total. The van der Waals surface area contributed by atoms with Gasteiger partial charge in [0.1, 0.15) is 0 Å². The third kappa shape index (κ3) is 9.23. The standard InChI is InChI=1S/C17H13.C9H13.C9H10.2ClH.Zr/c1-3-12-5-7-14-11-15-8-6-13(4-2)10-17(15)16(14)9-12;1-9(2,3)8-6-4-5-7-8;1-3-9-6-4-8(2)5-7-9;;;/h3-7,9-10H,1-2,11H2;4-7H,1-3H3;4-7H,1-2H3;2*1H;/q2*-1;;;;+2/p-2. The summed E-state index contributed by atoms with van der Waals surface area (Å²) in [5.41, 5.74) is 12.0. The van der Waals surface area contributed by atoms with E-state index in [-0.39, 0.29) is 24.8 Å². The van der Waals surface area contributed by atoms with Gasteiger partial charge in [0.25, 0.3) is 0 Å². The average Bonchev–Trinajstić information content (AvgIpc) is 3.53. The van der Waals surface area contributed by atoms with E-state index in [1.807, 2.05) is 18.2 Å². The second kappa shape index (κ2) is 15.4. The molecule has 1 aliphatic rings. The molecule has 4 aromatic carbocycles. The van der Waals surface area contributed by atoms with Crippen LogP contribution in [0.15, 0.2) is 92.0 Å². The molecule has 0 aromatic heterocycles. The normalized spacial score (nSPS) is 10.6. The van der Waals surface area contributed by atoms with E-state index in [9.17, 15) is 0 Å². The molecule has 1 aliphatic carbocycles. The van der Waals surface area contributed by atoms with Gasteiger partial charge in [0.15, 0.2) is 0 Å². The topological polar surface area (TPSA) is 0 Å². The maximum atomic E-state index is 3.82. The van der Waals surface area contributed by atoms with E-state index in [0.29, 0.717) is 5.41 Å². The van der Waals surface area contributed by atoms with Crippen LogP contribution in [0.4, 0.5) is 0 Å². The van der Waals surface area contributed by atoms with Crippen molar-refractivity contribution in [2.75, 3.05) is 0 Å². The van der Waals surface area contributed by atoms with Crippen LogP contribution in [0.3, 0.4) is 0 Å². The molecular weight excluding hydrogens is 583 g/mol. The molecule has 0 bridgehead atoms. The molecule has 5 rings (SSSR count). The second-order valence-corrected chi connectivity index (χ2v) is 12.1. The van der Waals surface area contributed by atoms with E-state index in [4.69, 9.17) is 0 Å². The van der Waals surface area contributed by atoms with E-state index in [1.165, 1.54) is 71.9 Å². The molecule has 0 fully saturated rings. The van der Waals surface area contributed by atoms with E-state index in [2.05, 4.69) is 127 Å². The Bertz CT molecular complexity index is 1280. The number of halogens is 2. The van der Waals surface area contributed by atoms with Crippen molar-refractivity contribution >= 4 is 15.4 Å². The fraction of sp³-hybridized carbons (Fsp3) is 0.200. The van der Waals surface area contributed by atoms with Gasteiger partial charge < -0.3 is 24.8 Å². The number of hydrogen-bond acceptors (Lipinski definition) is 0. The van der Waals surface area contributed by atoms with Gasteiger partial charge in [0, 0.05) is 0 Å². The summed E-state index contributed by atoms with van der Waals surface area (Å²) in [7, 11) is 0. The maximum Gasteiger partial charge on any atom is -1.00 e. The summed E-state index contributed by atoms with van der Waals surface area (Å²) in [6.07, 6.45) is 4.74. The molecule has 196 valence electrons. The molecule has 0 heterocycles. The molecule has 0 unspecified atom stereocenters. The van der Waals surface area contributed by atoms with Crippen molar-refractivity contribution in [3.8, 4) is 11.1 Å². The van der Waals surface area contributed by atoms with Crippen molar-refractivity contribution in [2.45, 2.75) is 46.5 Å². The van der Waals surface area contributed by atoms with Crippen molar-refractivity contribution < 1.29 is 49.0 Å². The number of aryl methyl sites for hydroxylation is 1. The molecule has 0 saturated carbocycles. The van der Waals surface area contributed by atoms with Crippen LogP contribution in [0, 0.1) is 13.0 Å². The maximum absolute atomic E-state index is 3.82. The van der Waals surface area contributed by atoms with Crippen molar-refractivity contribution in [3.05, 3.63) is 137 Å². The van der Waals surface area contributed by atoms with Crippen LogP contribution >= 0.6 is 0 Å². The Morgan fingerprint density at radius 3 is 2.05 bits per heavy atom. The van der Waals surface area contributed by atoms with Crippen LogP contribution in [0.2, 0.25) is 0 Å². The number of fused-ring (bicyclic) bond motifs is 3. The second-order valence-electron chi connectivity index (χ2n) is 10.2. The Kier molecular flexibility index (Phi) is 13.7. The Hall–Kier alpha value is -2.18. The number of hydrogen-bond donors (Lipinski definition) is 0. The summed E-state index contributed by atoms with van der Waals surface area (Å²) in [6, 6.07) is 31.2. The van der Waals surface area contributed by atoms with E-state index >= 15 is 0 Å². The van der Waals surface area contributed by atoms with Gasteiger partial charge in [-0.3, -0.25) is 0 Å². The Morgan fingerprint density at radius 2 is 1.55 bits per heavy atom. The van der Waals surface area contributed by atoms with Gasteiger partial charge >= 0.3 is 76.7 Å². The molecule has 0 aliphatic heterocycles. The quantitative estimate of drug-likeness (QED) is 0.273. The third-order valence-electron chi connectivity index (χ3n) is 6.33. The average molecular weight is 619 g/mol. The van der Waals surface area contributed by atoms with Crippen LogP contribution in [0.1, 0.15) is 66.6 Å². The van der Waals surface area contributed by atoms with Crippen LogP contribution in [-0.2, 0) is 36.1 Å². The monoisotopic (exact) mass is 616 g/mol. The zero-order valence-corrected chi connectivity index (χ0v) is 27.0. The molecule has 0 radical (unpaired) electrons. The minimum Gasteiger partial charge on any atom is -1.00 e. The summed E-state index contributed by atoms with van der Waals surface area (Å²) in [5, 5.41) is 0. The Labute approximate surface area is 257 Å². The molecule has 0 N–H and O–H groups in total. The molecule has 0 atom stereocenters. The summed E-state index contributed by atoms with van der Waals surface area (Å²) >= 11 is 1.51. The summed E-state index contributed by atoms with van der Waals surface area (Å²) in [6.45, 7) is 18.6.